The van der Waals surface area contributed by atoms with Crippen molar-refractivity contribution in [3.63, 3.8) is 0 Å². The van der Waals surface area contributed by atoms with Crippen molar-refractivity contribution in [1.29, 1.82) is 0 Å². The first-order valence-corrected chi connectivity index (χ1v) is 11.6. The average Bonchev–Trinajstić information content (AvgIpc) is 3.28. The van der Waals surface area contributed by atoms with E-state index in [4.69, 9.17) is 30.9 Å². The van der Waals surface area contributed by atoms with Gasteiger partial charge >= 0.3 is 7.60 Å². The number of fused-ring (bicyclic) bond motifs is 1. The van der Waals surface area contributed by atoms with Gasteiger partial charge in [0.2, 0.25) is 5.28 Å². The molecule has 1 saturated heterocycles. The first-order valence-electron chi connectivity index (χ1n) is 9.39. The summed E-state index contributed by atoms with van der Waals surface area (Å²) in [4.78, 5) is 34.4. The van der Waals surface area contributed by atoms with Gasteiger partial charge in [0.05, 0.1) is 12.9 Å². The highest BCUT2D eigenvalue weighted by Crippen LogP contribution is 2.36. The number of nitrogens with zero attached hydrogens (tertiary/aromatic N) is 5. The topological polar surface area (TPSA) is 185 Å². The van der Waals surface area contributed by atoms with Crippen molar-refractivity contribution >= 4 is 36.2 Å². The number of anilines is 1. The molecule has 3 aromatic rings. The zero-order chi connectivity index (χ0) is 22.9. The Morgan fingerprint density at radius 2 is 2.09 bits per heavy atom. The Hall–Kier alpha value is -2.22. The van der Waals surface area contributed by atoms with Crippen LogP contribution in [0.25, 0.3) is 11.2 Å². The van der Waals surface area contributed by atoms with Gasteiger partial charge in [-0.1, -0.05) is 6.07 Å². The van der Waals surface area contributed by atoms with Crippen molar-refractivity contribution in [1.82, 2.24) is 24.5 Å². The molecule has 4 rings (SSSR count). The number of aliphatic hydroxyl groups excluding tert-OH is 2. The first kappa shape index (κ1) is 23.0. The molecule has 32 heavy (non-hydrogen) atoms. The standard InChI is InChI=1S/C17H20ClN6O7P/c18-17-22-14(20-5-9-2-1-3-19-4-9)11-15(23-17)24(7-21-11)16-13(26)12(25)10(31-16)6-30-8-32(27,28)29/h1-4,7,10,12-13,16,25-26H,5-6,8H2,(H,20,22,23)(H2,27,28,29)/t10-,12-,13-,16-/m1/s1. The van der Waals surface area contributed by atoms with E-state index in [0.717, 1.165) is 5.56 Å². The molecule has 13 nitrogen and oxygen atoms in total. The fourth-order valence-corrected chi connectivity index (χ4v) is 3.78. The van der Waals surface area contributed by atoms with Gasteiger partial charge in [-0.3, -0.25) is 14.1 Å². The third-order valence-electron chi connectivity index (χ3n) is 4.73. The number of hydrogen-bond donors (Lipinski definition) is 5. The Kier molecular flexibility index (Phi) is 6.70. The molecule has 0 aromatic carbocycles. The van der Waals surface area contributed by atoms with Crippen LogP contribution in [-0.2, 0) is 20.6 Å². The molecular formula is C17H20ClN6O7P. The molecule has 3 aromatic heterocycles. The summed E-state index contributed by atoms with van der Waals surface area (Å²) < 4.78 is 22.9. The Morgan fingerprint density at radius 1 is 1.28 bits per heavy atom. The summed E-state index contributed by atoms with van der Waals surface area (Å²) in [5.41, 5.74) is 1.53. The lowest BCUT2D eigenvalue weighted by Crippen LogP contribution is -2.33. The molecule has 1 aliphatic rings. The molecular weight excluding hydrogens is 467 g/mol. The highest BCUT2D eigenvalue weighted by Gasteiger charge is 2.44. The van der Waals surface area contributed by atoms with Crippen LogP contribution in [0.3, 0.4) is 0 Å². The highest BCUT2D eigenvalue weighted by molar-refractivity contribution is 7.51. The maximum atomic E-state index is 10.9. The maximum absolute atomic E-state index is 10.9. The van der Waals surface area contributed by atoms with Gasteiger partial charge in [-0.05, 0) is 23.2 Å². The van der Waals surface area contributed by atoms with E-state index in [0.29, 0.717) is 17.9 Å². The number of aliphatic hydroxyl groups is 2. The normalized spacial score (nSPS) is 23.7. The zero-order valence-electron chi connectivity index (χ0n) is 16.4. The van der Waals surface area contributed by atoms with Crippen LogP contribution in [0.1, 0.15) is 11.8 Å². The first-order chi connectivity index (χ1) is 15.2. The average molecular weight is 487 g/mol. The minimum atomic E-state index is -4.37. The molecule has 0 saturated carbocycles. The monoisotopic (exact) mass is 486 g/mol. The highest BCUT2D eigenvalue weighted by atomic mass is 35.5. The number of ether oxygens (including phenoxy) is 2. The van der Waals surface area contributed by atoms with Crippen LogP contribution in [0.15, 0.2) is 30.9 Å². The van der Waals surface area contributed by atoms with Crippen molar-refractivity contribution in [2.24, 2.45) is 0 Å². The third-order valence-corrected chi connectivity index (χ3v) is 5.42. The van der Waals surface area contributed by atoms with E-state index in [-0.39, 0.29) is 17.5 Å². The van der Waals surface area contributed by atoms with Crippen LogP contribution in [-0.4, -0.2) is 75.8 Å². The molecule has 0 radical (unpaired) electrons. The smallest absolute Gasteiger partial charge is 0.350 e. The van der Waals surface area contributed by atoms with Gasteiger partial charge in [-0.25, -0.2) is 4.98 Å². The van der Waals surface area contributed by atoms with Gasteiger partial charge in [0, 0.05) is 18.9 Å². The van der Waals surface area contributed by atoms with Crippen LogP contribution in [0, 0.1) is 0 Å². The van der Waals surface area contributed by atoms with E-state index in [1.165, 1.54) is 10.9 Å². The molecule has 0 unspecified atom stereocenters. The van der Waals surface area contributed by atoms with E-state index in [9.17, 15) is 14.8 Å². The van der Waals surface area contributed by atoms with Crippen molar-refractivity contribution in [2.45, 2.75) is 31.1 Å². The largest absolute Gasteiger partial charge is 0.387 e. The Labute approximate surface area is 186 Å². The number of hydrogen-bond acceptors (Lipinski definition) is 10. The Bertz CT molecular complexity index is 1130. The second kappa shape index (κ2) is 9.33. The summed E-state index contributed by atoms with van der Waals surface area (Å²) in [5.74, 6) is 0.358. The van der Waals surface area contributed by atoms with Crippen LogP contribution < -0.4 is 5.32 Å². The lowest BCUT2D eigenvalue weighted by atomic mass is 10.1. The van der Waals surface area contributed by atoms with Gasteiger partial charge in [-0.2, -0.15) is 9.97 Å². The van der Waals surface area contributed by atoms with E-state index in [1.54, 1.807) is 18.5 Å². The van der Waals surface area contributed by atoms with Crippen LogP contribution in [0.5, 0.6) is 0 Å². The number of pyridine rings is 1. The van der Waals surface area contributed by atoms with Gasteiger partial charge in [0.15, 0.2) is 23.2 Å². The van der Waals surface area contributed by atoms with E-state index in [2.05, 4.69) is 25.3 Å². The maximum Gasteiger partial charge on any atom is 0.350 e. The lowest BCUT2D eigenvalue weighted by Gasteiger charge is -2.17. The van der Waals surface area contributed by atoms with Crippen molar-refractivity contribution in [3.05, 3.63) is 41.7 Å². The van der Waals surface area contributed by atoms with E-state index >= 15 is 0 Å². The molecule has 172 valence electrons. The number of imidazole rings is 1. The van der Waals surface area contributed by atoms with Gasteiger partial charge in [0.1, 0.15) is 24.7 Å². The predicted octanol–water partition coefficient (Wildman–Crippen LogP) is 0.258. The Morgan fingerprint density at radius 3 is 2.81 bits per heavy atom. The second-order valence-corrected chi connectivity index (χ2v) is 9.02. The van der Waals surface area contributed by atoms with Gasteiger partial charge in [0.25, 0.3) is 0 Å². The second-order valence-electron chi connectivity index (χ2n) is 7.09. The quantitative estimate of drug-likeness (QED) is 0.216. The van der Waals surface area contributed by atoms with Crippen molar-refractivity contribution in [3.8, 4) is 0 Å². The van der Waals surface area contributed by atoms with Gasteiger partial charge in [-0.15, -0.1) is 0 Å². The number of halogens is 1. The summed E-state index contributed by atoms with van der Waals surface area (Å²) in [7, 11) is -4.37. The zero-order valence-corrected chi connectivity index (χ0v) is 18.0. The lowest BCUT2D eigenvalue weighted by molar-refractivity contribution is -0.0612. The summed E-state index contributed by atoms with van der Waals surface area (Å²) in [6.45, 7) is 0.0729. The summed E-state index contributed by atoms with van der Waals surface area (Å²) in [6.07, 6.45) is -0.962. The van der Waals surface area contributed by atoms with Gasteiger partial charge < -0.3 is 34.8 Å². The number of aromatic nitrogens is 5. The van der Waals surface area contributed by atoms with E-state index in [1.807, 2.05) is 6.07 Å². The molecule has 1 fully saturated rings. The molecule has 0 aliphatic carbocycles. The summed E-state index contributed by atoms with van der Waals surface area (Å²) in [6, 6.07) is 3.69. The molecule has 0 spiro atoms. The van der Waals surface area contributed by atoms with Crippen LogP contribution in [0.4, 0.5) is 5.82 Å². The molecule has 15 heteroatoms. The van der Waals surface area contributed by atoms with Crippen molar-refractivity contribution in [2.75, 3.05) is 18.3 Å². The Balaban J connectivity index is 1.54. The molecule has 1 aliphatic heterocycles. The molecule has 4 atom stereocenters. The predicted molar refractivity (Wildman–Crippen MR) is 111 cm³/mol. The van der Waals surface area contributed by atoms with Crippen LogP contribution in [0.2, 0.25) is 5.28 Å². The number of rotatable bonds is 8. The van der Waals surface area contributed by atoms with E-state index < -0.39 is 38.5 Å². The van der Waals surface area contributed by atoms with Crippen molar-refractivity contribution < 1.29 is 34.0 Å². The fraction of sp³-hybridized carbons (Fsp3) is 0.412. The molecule has 0 amide bonds. The van der Waals surface area contributed by atoms with Crippen LogP contribution >= 0.6 is 19.2 Å². The minimum Gasteiger partial charge on any atom is -0.387 e. The molecule has 0 bridgehead atoms. The summed E-state index contributed by atoms with van der Waals surface area (Å²) in [5, 5.41) is 23.8. The summed E-state index contributed by atoms with van der Waals surface area (Å²) >= 11 is 6.08. The third kappa shape index (κ3) is 5.05. The fourth-order valence-electron chi connectivity index (χ4n) is 3.27. The minimum absolute atomic E-state index is 0.0671. The SMILES string of the molecule is O=P(O)(O)COC[C@H]1O[C@@H](n2cnc3c(NCc4cccnc4)nc(Cl)nc32)[C@H](O)[C@@H]1O. The molecule has 5 N–H and O–H groups in total. The number of nitrogens with one attached hydrogen (secondary N) is 1. The molecule has 4 heterocycles.